The lowest BCUT2D eigenvalue weighted by Crippen LogP contribution is -2.09. The number of aromatic nitrogens is 1. The molecule has 0 fully saturated rings. The Labute approximate surface area is 177 Å². The molecule has 1 heterocycles. The lowest BCUT2D eigenvalue weighted by Gasteiger charge is -2.12. The van der Waals surface area contributed by atoms with Crippen molar-refractivity contribution in [2.24, 2.45) is 0 Å². The number of alkyl halides is 3. The number of hydrogen-bond acceptors (Lipinski definition) is 4. The Balaban J connectivity index is 1.86. The monoisotopic (exact) mass is 459 g/mol. The number of carboxylic acids is 1. The molecule has 1 N–H and O–H groups in total. The number of aliphatic carboxylic acids is 1. The van der Waals surface area contributed by atoms with Gasteiger partial charge in [-0.25, -0.2) is 4.39 Å². The van der Waals surface area contributed by atoms with Gasteiger partial charge in [-0.1, -0.05) is 29.8 Å². The van der Waals surface area contributed by atoms with E-state index in [1.165, 1.54) is 24.3 Å². The van der Waals surface area contributed by atoms with E-state index in [4.69, 9.17) is 21.4 Å². The fraction of sp³-hybridized carbons (Fsp3) is 0.200. The number of rotatable bonds is 7. The smallest absolute Gasteiger partial charge is 0.427 e. The first-order chi connectivity index (χ1) is 14.1. The van der Waals surface area contributed by atoms with Gasteiger partial charge in [-0.15, -0.1) is 0 Å². The Bertz CT molecular complexity index is 1050. The van der Waals surface area contributed by atoms with Crippen LogP contribution in [0.2, 0.25) is 5.02 Å². The summed E-state index contributed by atoms with van der Waals surface area (Å²) in [6.45, 7) is -0.547. The van der Waals surface area contributed by atoms with Crippen molar-refractivity contribution in [3.05, 3.63) is 69.3 Å². The zero-order valence-corrected chi connectivity index (χ0v) is 16.7. The van der Waals surface area contributed by atoms with Gasteiger partial charge in [0, 0.05) is 22.6 Å². The van der Waals surface area contributed by atoms with Gasteiger partial charge in [-0.3, -0.25) is 4.79 Å². The molecule has 10 heteroatoms. The highest BCUT2D eigenvalue weighted by Crippen LogP contribution is 2.40. The predicted octanol–water partition coefficient (Wildman–Crippen LogP) is 6.22. The lowest BCUT2D eigenvalue weighted by molar-refractivity contribution is -0.137. The molecule has 4 nitrogen and oxygen atoms in total. The first kappa shape index (κ1) is 22.0. The average molecular weight is 460 g/mol. The molecule has 0 aliphatic carbocycles. The molecule has 0 spiro atoms. The van der Waals surface area contributed by atoms with Crippen molar-refractivity contribution in [2.75, 3.05) is 0 Å². The molecule has 30 heavy (non-hydrogen) atoms. The van der Waals surface area contributed by atoms with Gasteiger partial charge in [-0.2, -0.15) is 17.5 Å². The first-order valence-corrected chi connectivity index (χ1v) is 9.75. The highest BCUT2D eigenvalue weighted by Gasteiger charge is 2.38. The minimum absolute atomic E-state index is 0.0856. The summed E-state index contributed by atoms with van der Waals surface area (Å²) in [7, 11) is 0. The summed E-state index contributed by atoms with van der Waals surface area (Å²) in [6.07, 6.45) is -4.68. The molecule has 0 aliphatic heterocycles. The minimum Gasteiger partial charge on any atom is -0.486 e. The van der Waals surface area contributed by atoms with Gasteiger partial charge in [0.25, 0.3) is 0 Å². The molecular weight excluding hydrogens is 446 g/mol. The summed E-state index contributed by atoms with van der Waals surface area (Å²) in [5, 5.41) is 9.12. The standard InChI is InChI=1S/C20H14ClF4NO3S/c21-13-5-3-12(4-6-13)18-14(19(30-26-18)20(23,24)25)10-29-16-7-1-11(9-15(16)22)2-8-17(27)28/h1,3-7,9H,2,8,10H2,(H,27,28). The fourth-order valence-electron chi connectivity index (χ4n) is 2.72. The maximum absolute atomic E-state index is 14.3. The van der Waals surface area contributed by atoms with Crippen LogP contribution in [0.5, 0.6) is 5.75 Å². The molecule has 1 aromatic heterocycles. The lowest BCUT2D eigenvalue weighted by atomic mass is 10.1. The molecule has 0 unspecified atom stereocenters. The number of hydrogen-bond donors (Lipinski definition) is 1. The van der Waals surface area contributed by atoms with E-state index >= 15 is 0 Å². The van der Waals surface area contributed by atoms with E-state index in [1.54, 1.807) is 12.1 Å². The summed E-state index contributed by atoms with van der Waals surface area (Å²) in [6, 6.07) is 9.99. The molecule has 0 atom stereocenters. The summed E-state index contributed by atoms with van der Waals surface area (Å²) < 4.78 is 63.8. The van der Waals surface area contributed by atoms with Crippen molar-refractivity contribution in [1.29, 1.82) is 0 Å². The molecule has 3 aromatic rings. The van der Waals surface area contributed by atoms with Crippen LogP contribution in [-0.4, -0.2) is 15.4 Å². The summed E-state index contributed by atoms with van der Waals surface area (Å²) in [4.78, 5) is 9.69. The van der Waals surface area contributed by atoms with Crippen LogP contribution in [0.4, 0.5) is 17.6 Å². The molecule has 3 rings (SSSR count). The van der Waals surface area contributed by atoms with Crippen LogP contribution in [0, 0.1) is 5.82 Å². The van der Waals surface area contributed by atoms with E-state index in [-0.39, 0.29) is 29.8 Å². The SMILES string of the molecule is O=C(O)CCc1ccc(OCc2c(-c3ccc(Cl)cc3)nsc2C(F)(F)F)c(F)c1. The summed E-state index contributed by atoms with van der Waals surface area (Å²) >= 11 is 6.13. The van der Waals surface area contributed by atoms with Crippen LogP contribution in [0.1, 0.15) is 22.4 Å². The maximum Gasteiger partial charge on any atom is 0.427 e. The molecule has 0 amide bonds. The minimum atomic E-state index is -4.64. The van der Waals surface area contributed by atoms with E-state index in [1.807, 2.05) is 0 Å². The number of carbonyl (C=O) groups is 1. The van der Waals surface area contributed by atoms with Gasteiger partial charge in [0.2, 0.25) is 0 Å². The maximum atomic E-state index is 14.3. The Morgan fingerprint density at radius 2 is 1.87 bits per heavy atom. The average Bonchev–Trinajstić information content (AvgIpc) is 3.10. The van der Waals surface area contributed by atoms with Crippen molar-refractivity contribution in [3.8, 4) is 17.0 Å². The normalized spacial score (nSPS) is 11.5. The third-order valence-electron chi connectivity index (χ3n) is 4.16. The van der Waals surface area contributed by atoms with Crippen molar-refractivity contribution < 1.29 is 32.2 Å². The number of ether oxygens (including phenoxy) is 1. The van der Waals surface area contributed by atoms with E-state index in [2.05, 4.69) is 4.37 Å². The van der Waals surface area contributed by atoms with Crippen LogP contribution in [0.3, 0.4) is 0 Å². The van der Waals surface area contributed by atoms with E-state index in [0.29, 0.717) is 27.7 Å². The van der Waals surface area contributed by atoms with Crippen LogP contribution in [0.25, 0.3) is 11.3 Å². The number of carboxylic acid groups (broad SMARTS) is 1. The number of nitrogens with zero attached hydrogens (tertiary/aromatic N) is 1. The predicted molar refractivity (Wildman–Crippen MR) is 104 cm³/mol. The Hall–Kier alpha value is -2.65. The van der Waals surface area contributed by atoms with Crippen LogP contribution < -0.4 is 4.74 Å². The molecule has 0 bridgehead atoms. The van der Waals surface area contributed by atoms with Gasteiger partial charge in [0.15, 0.2) is 11.6 Å². The topological polar surface area (TPSA) is 59.4 Å². The van der Waals surface area contributed by atoms with Crippen molar-refractivity contribution in [2.45, 2.75) is 25.6 Å². The molecule has 0 saturated heterocycles. The molecule has 0 aliphatic rings. The highest BCUT2D eigenvalue weighted by molar-refractivity contribution is 7.06. The molecule has 158 valence electrons. The van der Waals surface area contributed by atoms with Crippen LogP contribution in [0.15, 0.2) is 42.5 Å². The van der Waals surface area contributed by atoms with Gasteiger partial charge >= 0.3 is 12.1 Å². The van der Waals surface area contributed by atoms with Gasteiger partial charge in [-0.05, 0) is 47.8 Å². The fourth-order valence-corrected chi connectivity index (χ4v) is 3.61. The summed E-state index contributed by atoms with van der Waals surface area (Å²) in [5.74, 6) is -2.05. The third-order valence-corrected chi connectivity index (χ3v) is 5.35. The number of benzene rings is 2. The number of aryl methyl sites for hydroxylation is 1. The Morgan fingerprint density at radius 3 is 2.47 bits per heavy atom. The van der Waals surface area contributed by atoms with Gasteiger partial charge < -0.3 is 9.84 Å². The first-order valence-electron chi connectivity index (χ1n) is 8.60. The quantitative estimate of drug-likeness (QED) is 0.426. The molecule has 0 radical (unpaired) electrons. The van der Waals surface area contributed by atoms with Gasteiger partial charge in [0.05, 0.1) is 5.69 Å². The molecule has 0 saturated carbocycles. The van der Waals surface area contributed by atoms with Crippen molar-refractivity contribution in [1.82, 2.24) is 4.37 Å². The zero-order chi connectivity index (χ0) is 21.9. The van der Waals surface area contributed by atoms with Crippen LogP contribution >= 0.6 is 23.1 Å². The third kappa shape index (κ3) is 5.28. The van der Waals surface area contributed by atoms with Crippen molar-refractivity contribution in [3.63, 3.8) is 0 Å². The largest absolute Gasteiger partial charge is 0.486 e. The van der Waals surface area contributed by atoms with Crippen molar-refractivity contribution >= 4 is 29.1 Å². The van der Waals surface area contributed by atoms with Crippen LogP contribution in [-0.2, 0) is 24.0 Å². The second kappa shape index (κ2) is 9.01. The Morgan fingerprint density at radius 1 is 1.17 bits per heavy atom. The summed E-state index contributed by atoms with van der Waals surface area (Å²) in [5.41, 5.74) is 0.748. The number of halogens is 5. The van der Waals surface area contributed by atoms with E-state index in [0.717, 1.165) is 6.07 Å². The molecule has 2 aromatic carbocycles. The van der Waals surface area contributed by atoms with Gasteiger partial charge in [0.1, 0.15) is 11.5 Å². The molecular formula is C20H14ClF4NO3S. The second-order valence-electron chi connectivity index (χ2n) is 6.29. The second-order valence-corrected chi connectivity index (χ2v) is 7.50. The highest BCUT2D eigenvalue weighted by atomic mass is 35.5. The Kier molecular flexibility index (Phi) is 6.62. The van der Waals surface area contributed by atoms with E-state index < -0.39 is 29.4 Å². The zero-order valence-electron chi connectivity index (χ0n) is 15.2. The van der Waals surface area contributed by atoms with E-state index in [9.17, 15) is 22.4 Å².